The van der Waals surface area contributed by atoms with Crippen LogP contribution in [0, 0.1) is 5.82 Å². The average molecular weight is 231 g/mol. The first-order valence-corrected chi connectivity index (χ1v) is 4.78. The normalized spacial score (nSPS) is 10.5. The summed E-state index contributed by atoms with van der Waals surface area (Å²) in [6.07, 6.45) is -0.0232. The van der Waals surface area contributed by atoms with Gasteiger partial charge in [-0.25, -0.2) is 9.40 Å². The number of hydrogen-bond acceptors (Lipinski definition) is 2. The predicted octanol–water partition coefficient (Wildman–Crippen LogP) is 1.61. The molecular formula is C10H12ClFN2O. The molecule has 1 aromatic rings. The number of carbonyl (C=O) groups excluding carboxylic acids is 1. The zero-order valence-corrected chi connectivity index (χ0v) is 9.31. The maximum atomic E-state index is 13.4. The number of benzene rings is 1. The molecule has 1 amide bonds. The first kappa shape index (κ1) is 11.9. The second-order valence-corrected chi connectivity index (χ2v) is 3.73. The Morgan fingerprint density at radius 3 is 2.80 bits per heavy atom. The van der Waals surface area contributed by atoms with Crippen molar-refractivity contribution in [1.82, 2.24) is 10.4 Å². The van der Waals surface area contributed by atoms with Crippen LogP contribution in [0.15, 0.2) is 18.2 Å². The fraction of sp³-hybridized carbons (Fsp3) is 0.300. The molecule has 3 nitrogen and oxygen atoms in total. The van der Waals surface area contributed by atoms with Crippen LogP contribution < -0.4 is 5.43 Å². The minimum atomic E-state index is -0.534. The van der Waals surface area contributed by atoms with E-state index in [2.05, 4.69) is 5.43 Å². The van der Waals surface area contributed by atoms with Crippen molar-refractivity contribution >= 4 is 17.5 Å². The SMILES string of the molecule is CN(C)NC(=O)Cc1cccc(Cl)c1F. The molecule has 82 valence electrons. The van der Waals surface area contributed by atoms with Gasteiger partial charge in [0.25, 0.3) is 0 Å². The Labute approximate surface area is 92.8 Å². The van der Waals surface area contributed by atoms with Gasteiger partial charge in [-0.2, -0.15) is 0 Å². The second kappa shape index (κ2) is 5.09. The summed E-state index contributed by atoms with van der Waals surface area (Å²) >= 11 is 5.59. The Balaban J connectivity index is 2.73. The maximum Gasteiger partial charge on any atom is 0.238 e. The van der Waals surface area contributed by atoms with Gasteiger partial charge in [0.15, 0.2) is 0 Å². The quantitative estimate of drug-likeness (QED) is 0.801. The van der Waals surface area contributed by atoms with Gasteiger partial charge in [0.2, 0.25) is 5.91 Å². The highest BCUT2D eigenvalue weighted by atomic mass is 35.5. The van der Waals surface area contributed by atoms with Crippen molar-refractivity contribution in [3.05, 3.63) is 34.6 Å². The predicted molar refractivity (Wildman–Crippen MR) is 56.9 cm³/mol. The molecular weight excluding hydrogens is 219 g/mol. The molecule has 0 fully saturated rings. The van der Waals surface area contributed by atoms with Crippen molar-refractivity contribution in [2.45, 2.75) is 6.42 Å². The number of nitrogens with zero attached hydrogens (tertiary/aromatic N) is 1. The third kappa shape index (κ3) is 3.49. The van der Waals surface area contributed by atoms with Gasteiger partial charge in [0.05, 0.1) is 11.4 Å². The molecule has 0 bridgehead atoms. The molecule has 0 heterocycles. The summed E-state index contributed by atoms with van der Waals surface area (Å²) < 4.78 is 13.4. The number of carbonyl (C=O) groups is 1. The van der Waals surface area contributed by atoms with Crippen LogP contribution in [-0.2, 0) is 11.2 Å². The molecule has 0 saturated heterocycles. The van der Waals surface area contributed by atoms with Crippen LogP contribution >= 0.6 is 11.6 Å². The largest absolute Gasteiger partial charge is 0.289 e. The number of nitrogens with one attached hydrogen (secondary N) is 1. The third-order valence-electron chi connectivity index (χ3n) is 1.73. The highest BCUT2D eigenvalue weighted by molar-refractivity contribution is 6.30. The zero-order valence-electron chi connectivity index (χ0n) is 8.55. The van der Waals surface area contributed by atoms with Gasteiger partial charge in [-0.15, -0.1) is 0 Å². The van der Waals surface area contributed by atoms with Gasteiger partial charge in [0, 0.05) is 14.1 Å². The third-order valence-corrected chi connectivity index (χ3v) is 2.02. The van der Waals surface area contributed by atoms with Crippen LogP contribution in [0.1, 0.15) is 5.56 Å². The van der Waals surface area contributed by atoms with Crippen molar-refractivity contribution in [3.63, 3.8) is 0 Å². The van der Waals surface area contributed by atoms with Gasteiger partial charge in [-0.1, -0.05) is 23.7 Å². The topological polar surface area (TPSA) is 32.3 Å². The highest BCUT2D eigenvalue weighted by Gasteiger charge is 2.10. The zero-order chi connectivity index (χ0) is 11.4. The standard InChI is InChI=1S/C10H12ClFN2O/c1-14(2)13-9(15)6-7-4-3-5-8(11)10(7)12/h3-5H,6H2,1-2H3,(H,13,15). The molecule has 0 atom stereocenters. The Bertz CT molecular complexity index is 368. The van der Waals surface area contributed by atoms with Crippen LogP contribution in [-0.4, -0.2) is 25.0 Å². The molecule has 1 N–H and O–H groups in total. The molecule has 0 aliphatic rings. The monoisotopic (exact) mass is 230 g/mol. The van der Waals surface area contributed by atoms with Gasteiger partial charge in [0.1, 0.15) is 5.82 Å². The van der Waals surface area contributed by atoms with E-state index in [1.54, 1.807) is 20.2 Å². The van der Waals surface area contributed by atoms with Gasteiger partial charge >= 0.3 is 0 Å². The summed E-state index contributed by atoms with van der Waals surface area (Å²) in [5.74, 6) is -0.811. The lowest BCUT2D eigenvalue weighted by atomic mass is 10.1. The van der Waals surface area contributed by atoms with Crippen LogP contribution in [0.5, 0.6) is 0 Å². The van der Waals surface area contributed by atoms with E-state index in [1.165, 1.54) is 17.1 Å². The first-order chi connectivity index (χ1) is 7.00. The smallest absolute Gasteiger partial charge is 0.238 e. The van der Waals surface area contributed by atoms with E-state index in [-0.39, 0.29) is 17.4 Å². The number of halogens is 2. The molecule has 0 aliphatic carbocycles. The molecule has 0 aliphatic heterocycles. The lowest BCUT2D eigenvalue weighted by Gasteiger charge is -2.12. The summed E-state index contributed by atoms with van der Waals surface area (Å²) in [7, 11) is 3.37. The molecule has 0 spiro atoms. The van der Waals surface area contributed by atoms with E-state index in [4.69, 9.17) is 11.6 Å². The summed E-state index contributed by atoms with van der Waals surface area (Å²) in [4.78, 5) is 11.3. The second-order valence-electron chi connectivity index (χ2n) is 3.32. The van der Waals surface area contributed by atoms with Gasteiger partial charge in [-0.05, 0) is 11.6 Å². The van der Waals surface area contributed by atoms with Gasteiger partial charge in [-0.3, -0.25) is 10.2 Å². The summed E-state index contributed by atoms with van der Waals surface area (Å²) in [6.45, 7) is 0. The molecule has 1 aromatic carbocycles. The Morgan fingerprint density at radius 1 is 1.53 bits per heavy atom. The average Bonchev–Trinajstić information content (AvgIpc) is 2.11. The first-order valence-electron chi connectivity index (χ1n) is 4.40. The summed E-state index contributed by atoms with van der Waals surface area (Å²) in [5, 5.41) is 1.54. The minimum Gasteiger partial charge on any atom is -0.289 e. The number of hydrogen-bond donors (Lipinski definition) is 1. The summed E-state index contributed by atoms with van der Waals surface area (Å²) in [5.41, 5.74) is 2.82. The fourth-order valence-corrected chi connectivity index (χ4v) is 1.34. The van der Waals surface area contributed by atoms with E-state index in [9.17, 15) is 9.18 Å². The Kier molecular flexibility index (Phi) is 4.05. The molecule has 0 radical (unpaired) electrons. The molecule has 0 saturated carbocycles. The van der Waals surface area contributed by atoms with Crippen LogP contribution in [0.2, 0.25) is 5.02 Å². The number of rotatable bonds is 3. The van der Waals surface area contributed by atoms with Crippen LogP contribution in [0.3, 0.4) is 0 Å². The molecule has 15 heavy (non-hydrogen) atoms. The van der Waals surface area contributed by atoms with E-state index >= 15 is 0 Å². The van der Waals surface area contributed by atoms with Crippen molar-refractivity contribution in [2.24, 2.45) is 0 Å². The van der Waals surface area contributed by atoms with Crippen molar-refractivity contribution in [2.75, 3.05) is 14.1 Å². The molecule has 5 heteroatoms. The van der Waals surface area contributed by atoms with Crippen molar-refractivity contribution < 1.29 is 9.18 Å². The number of hydrazine groups is 1. The Hall–Kier alpha value is -1.13. The molecule has 1 rings (SSSR count). The fourth-order valence-electron chi connectivity index (χ4n) is 1.15. The maximum absolute atomic E-state index is 13.4. The van der Waals surface area contributed by atoms with Crippen LogP contribution in [0.4, 0.5) is 4.39 Å². The van der Waals surface area contributed by atoms with E-state index < -0.39 is 5.82 Å². The van der Waals surface area contributed by atoms with E-state index in [1.807, 2.05) is 0 Å². The van der Waals surface area contributed by atoms with Crippen molar-refractivity contribution in [3.8, 4) is 0 Å². The lowest BCUT2D eigenvalue weighted by molar-refractivity contribution is -0.124. The van der Waals surface area contributed by atoms with Crippen LogP contribution in [0.25, 0.3) is 0 Å². The van der Waals surface area contributed by atoms with E-state index in [0.29, 0.717) is 5.56 Å². The summed E-state index contributed by atoms with van der Waals surface area (Å²) in [6, 6.07) is 4.60. The van der Waals surface area contributed by atoms with Gasteiger partial charge < -0.3 is 0 Å². The number of amides is 1. The van der Waals surface area contributed by atoms with E-state index in [0.717, 1.165) is 0 Å². The molecule has 0 aromatic heterocycles. The lowest BCUT2D eigenvalue weighted by Crippen LogP contribution is -2.37. The molecule has 0 unspecified atom stereocenters. The minimum absolute atomic E-state index is 0.0232. The van der Waals surface area contributed by atoms with Crippen molar-refractivity contribution in [1.29, 1.82) is 0 Å². The Morgan fingerprint density at radius 2 is 2.20 bits per heavy atom. The highest BCUT2D eigenvalue weighted by Crippen LogP contribution is 2.17.